The number of rotatable bonds is 4. The fraction of sp³-hybridized carbons (Fsp3) is 0.455. The lowest BCUT2D eigenvalue weighted by molar-refractivity contribution is 0.0749. The molecule has 0 fully saturated rings. The second kappa shape index (κ2) is 5.37. The Kier molecular flexibility index (Phi) is 4.67. The van der Waals surface area contributed by atoms with Crippen LogP contribution in [0.3, 0.4) is 0 Å². The fourth-order valence-electron chi connectivity index (χ4n) is 1.14. The summed E-state index contributed by atoms with van der Waals surface area (Å²) in [7, 11) is 0. The number of aliphatic hydroxyl groups is 1. The third kappa shape index (κ3) is 5.04. The zero-order valence-electron chi connectivity index (χ0n) is 8.85. The predicted octanol–water partition coefficient (Wildman–Crippen LogP) is 3.52. The molecule has 1 aromatic carbocycles. The molecule has 4 heteroatoms. The Labute approximate surface area is 109 Å². The van der Waals surface area contributed by atoms with E-state index in [0.29, 0.717) is 13.0 Å². The first-order valence-electron chi connectivity index (χ1n) is 4.80. The third-order valence-corrected chi connectivity index (χ3v) is 2.97. The molecule has 0 bridgehead atoms. The van der Waals surface area contributed by atoms with Gasteiger partial charge < -0.3 is 10.4 Å². The Morgan fingerprint density at radius 3 is 2.67 bits per heavy atom. The second-order valence-corrected chi connectivity index (χ2v) is 5.77. The summed E-state index contributed by atoms with van der Waals surface area (Å²) in [6.45, 7) is 4.30. The lowest BCUT2D eigenvalue weighted by Crippen LogP contribution is -2.22. The largest absolute Gasteiger partial charge is 0.390 e. The van der Waals surface area contributed by atoms with Gasteiger partial charge in [-0.2, -0.15) is 0 Å². The van der Waals surface area contributed by atoms with Crippen molar-refractivity contribution < 1.29 is 5.11 Å². The molecule has 84 valence electrons. The van der Waals surface area contributed by atoms with Crippen molar-refractivity contribution in [2.75, 3.05) is 11.9 Å². The molecule has 2 N–H and O–H groups in total. The fourth-order valence-corrected chi connectivity index (χ4v) is 2.06. The number of benzene rings is 1. The van der Waals surface area contributed by atoms with E-state index in [-0.39, 0.29) is 0 Å². The van der Waals surface area contributed by atoms with E-state index in [1.54, 1.807) is 13.8 Å². The highest BCUT2D eigenvalue weighted by molar-refractivity contribution is 14.1. The number of nitrogens with one attached hydrogen (secondary N) is 1. The molecule has 0 aliphatic carbocycles. The summed E-state index contributed by atoms with van der Waals surface area (Å²) in [5.74, 6) is 0. The monoisotopic (exact) mass is 339 g/mol. The predicted molar refractivity (Wildman–Crippen MR) is 73.6 cm³/mol. The molecular weight excluding hydrogens is 324 g/mol. The van der Waals surface area contributed by atoms with E-state index in [1.165, 1.54) is 0 Å². The Hall–Kier alpha value is -0.0000000000000000555. The SMILES string of the molecule is CC(C)(O)CCNc1ccc(I)cc1Cl. The van der Waals surface area contributed by atoms with Crippen LogP contribution in [0.5, 0.6) is 0 Å². The summed E-state index contributed by atoms with van der Waals surface area (Å²) in [6.07, 6.45) is 0.690. The molecule has 0 unspecified atom stereocenters. The Bertz CT molecular complexity index is 336. The zero-order chi connectivity index (χ0) is 11.5. The van der Waals surface area contributed by atoms with Crippen LogP contribution in [0.1, 0.15) is 20.3 Å². The molecule has 0 aromatic heterocycles. The molecule has 0 spiro atoms. The first-order valence-corrected chi connectivity index (χ1v) is 6.25. The first kappa shape index (κ1) is 13.1. The van der Waals surface area contributed by atoms with Crippen LogP contribution in [-0.2, 0) is 0 Å². The Balaban J connectivity index is 2.51. The molecule has 0 saturated heterocycles. The van der Waals surface area contributed by atoms with Gasteiger partial charge in [0.05, 0.1) is 16.3 Å². The lowest BCUT2D eigenvalue weighted by atomic mass is 10.1. The van der Waals surface area contributed by atoms with Crippen LogP contribution in [0, 0.1) is 3.57 Å². The molecule has 1 aromatic rings. The number of anilines is 1. The first-order chi connectivity index (χ1) is 6.88. The lowest BCUT2D eigenvalue weighted by Gasteiger charge is -2.17. The van der Waals surface area contributed by atoms with Crippen LogP contribution in [0.4, 0.5) is 5.69 Å². The number of hydrogen-bond acceptors (Lipinski definition) is 2. The molecule has 0 heterocycles. The molecule has 0 radical (unpaired) electrons. The van der Waals surface area contributed by atoms with E-state index >= 15 is 0 Å². The quantitative estimate of drug-likeness (QED) is 0.823. The summed E-state index contributed by atoms with van der Waals surface area (Å²) in [6, 6.07) is 5.86. The normalized spacial score (nSPS) is 11.5. The van der Waals surface area contributed by atoms with Gasteiger partial charge in [-0.15, -0.1) is 0 Å². The molecule has 15 heavy (non-hydrogen) atoms. The van der Waals surface area contributed by atoms with Crippen molar-refractivity contribution in [2.24, 2.45) is 0 Å². The minimum atomic E-state index is -0.636. The highest BCUT2D eigenvalue weighted by Crippen LogP contribution is 2.24. The summed E-state index contributed by atoms with van der Waals surface area (Å²) in [5.41, 5.74) is 0.282. The molecule has 1 rings (SSSR count). The van der Waals surface area contributed by atoms with Gasteiger partial charge in [-0.25, -0.2) is 0 Å². The number of hydrogen-bond donors (Lipinski definition) is 2. The van der Waals surface area contributed by atoms with Gasteiger partial charge in [0.25, 0.3) is 0 Å². The van der Waals surface area contributed by atoms with Crippen molar-refractivity contribution in [3.63, 3.8) is 0 Å². The van der Waals surface area contributed by atoms with Crippen molar-refractivity contribution in [1.29, 1.82) is 0 Å². The minimum absolute atomic E-state index is 0.636. The van der Waals surface area contributed by atoms with E-state index in [4.69, 9.17) is 11.6 Å². The Morgan fingerprint density at radius 2 is 2.13 bits per heavy atom. The summed E-state index contributed by atoms with van der Waals surface area (Å²) in [4.78, 5) is 0. The Morgan fingerprint density at radius 1 is 1.47 bits per heavy atom. The molecule has 2 nitrogen and oxygen atoms in total. The van der Waals surface area contributed by atoms with Crippen molar-refractivity contribution in [3.05, 3.63) is 26.8 Å². The van der Waals surface area contributed by atoms with Crippen LogP contribution in [0.15, 0.2) is 18.2 Å². The smallest absolute Gasteiger partial charge is 0.0648 e. The topological polar surface area (TPSA) is 32.3 Å². The van der Waals surface area contributed by atoms with E-state index in [0.717, 1.165) is 14.3 Å². The van der Waals surface area contributed by atoms with Crippen molar-refractivity contribution in [2.45, 2.75) is 25.9 Å². The van der Waals surface area contributed by atoms with Gasteiger partial charge in [0.1, 0.15) is 0 Å². The summed E-state index contributed by atoms with van der Waals surface area (Å²) < 4.78 is 1.12. The van der Waals surface area contributed by atoms with Gasteiger partial charge in [0.2, 0.25) is 0 Å². The van der Waals surface area contributed by atoms with E-state index in [2.05, 4.69) is 27.9 Å². The third-order valence-electron chi connectivity index (χ3n) is 1.98. The molecule has 0 aliphatic heterocycles. The number of halogens is 2. The van der Waals surface area contributed by atoms with Gasteiger partial charge >= 0.3 is 0 Å². The molecular formula is C11H15ClINO. The van der Waals surface area contributed by atoms with Crippen molar-refractivity contribution in [3.8, 4) is 0 Å². The average Bonchev–Trinajstić information content (AvgIpc) is 2.07. The van der Waals surface area contributed by atoms with E-state index in [9.17, 15) is 5.11 Å². The van der Waals surface area contributed by atoms with Gasteiger partial charge in [-0.05, 0) is 61.1 Å². The van der Waals surface area contributed by atoms with Crippen LogP contribution in [0.2, 0.25) is 5.02 Å². The standard InChI is InChI=1S/C11H15ClINO/c1-11(2,15)5-6-14-10-4-3-8(13)7-9(10)12/h3-4,7,14-15H,5-6H2,1-2H3. The molecule has 0 atom stereocenters. The van der Waals surface area contributed by atoms with Gasteiger partial charge in [0, 0.05) is 10.1 Å². The van der Waals surface area contributed by atoms with Crippen LogP contribution in [0.25, 0.3) is 0 Å². The maximum Gasteiger partial charge on any atom is 0.0648 e. The van der Waals surface area contributed by atoms with Gasteiger partial charge in [-0.1, -0.05) is 11.6 Å². The molecule has 0 saturated carbocycles. The van der Waals surface area contributed by atoms with Gasteiger partial charge in [0.15, 0.2) is 0 Å². The van der Waals surface area contributed by atoms with E-state index in [1.807, 2.05) is 18.2 Å². The highest BCUT2D eigenvalue weighted by atomic mass is 127. The molecule has 0 amide bonds. The van der Waals surface area contributed by atoms with Crippen LogP contribution in [-0.4, -0.2) is 17.3 Å². The maximum absolute atomic E-state index is 9.53. The molecule has 0 aliphatic rings. The maximum atomic E-state index is 9.53. The van der Waals surface area contributed by atoms with Crippen molar-refractivity contribution >= 4 is 39.9 Å². The summed E-state index contributed by atoms with van der Waals surface area (Å²) in [5, 5.41) is 13.5. The summed E-state index contributed by atoms with van der Waals surface area (Å²) >= 11 is 8.27. The van der Waals surface area contributed by atoms with Crippen LogP contribution >= 0.6 is 34.2 Å². The van der Waals surface area contributed by atoms with Gasteiger partial charge in [-0.3, -0.25) is 0 Å². The highest BCUT2D eigenvalue weighted by Gasteiger charge is 2.11. The second-order valence-electron chi connectivity index (χ2n) is 4.11. The minimum Gasteiger partial charge on any atom is -0.390 e. The van der Waals surface area contributed by atoms with Crippen LogP contribution < -0.4 is 5.32 Å². The van der Waals surface area contributed by atoms with E-state index < -0.39 is 5.60 Å². The van der Waals surface area contributed by atoms with Crippen molar-refractivity contribution in [1.82, 2.24) is 0 Å². The zero-order valence-corrected chi connectivity index (χ0v) is 11.8. The average molecular weight is 340 g/mol.